The Kier molecular flexibility index (Phi) is 4.51. The molecule has 0 unspecified atom stereocenters. The number of carbonyl (C=O) groups is 1. The minimum Gasteiger partial charge on any atom is -0.332 e. The summed E-state index contributed by atoms with van der Waals surface area (Å²) in [4.78, 5) is 12.2. The zero-order valence-corrected chi connectivity index (χ0v) is 14.4. The molecule has 5 nitrogen and oxygen atoms in total. The Morgan fingerprint density at radius 3 is 2.74 bits per heavy atom. The summed E-state index contributed by atoms with van der Waals surface area (Å²) >= 11 is 12.3. The number of carbonyl (C=O) groups excluding carboxylic acids is 1. The van der Waals surface area contributed by atoms with Crippen LogP contribution in [0.15, 0.2) is 36.4 Å². The maximum atomic E-state index is 12.2. The lowest BCUT2D eigenvalue weighted by Gasteiger charge is -2.10. The zero-order valence-electron chi connectivity index (χ0n) is 12.0. The fraction of sp³-hybridized carbons (Fsp3) is 0.0667. The smallest absolute Gasteiger partial charge is 0.257 e. The van der Waals surface area contributed by atoms with Crippen molar-refractivity contribution in [1.82, 2.24) is 14.1 Å². The summed E-state index contributed by atoms with van der Waals surface area (Å²) in [5.74, 6) is -0.310. The fourth-order valence-electron chi connectivity index (χ4n) is 1.93. The number of aryl methyl sites for hydroxylation is 1. The number of anilines is 1. The van der Waals surface area contributed by atoms with Crippen molar-refractivity contribution >= 4 is 63.3 Å². The second-order valence-electron chi connectivity index (χ2n) is 4.84. The molecule has 1 heterocycles. The largest absolute Gasteiger partial charge is 0.332 e. The van der Waals surface area contributed by atoms with E-state index in [-0.39, 0.29) is 11.0 Å². The molecule has 0 atom stereocenters. The number of benzene rings is 2. The predicted molar refractivity (Wildman–Crippen MR) is 97.3 cm³/mol. The lowest BCUT2D eigenvalue weighted by Crippen LogP contribution is -2.34. The van der Waals surface area contributed by atoms with Crippen LogP contribution in [0.3, 0.4) is 0 Å². The predicted octanol–water partition coefficient (Wildman–Crippen LogP) is 3.78. The number of rotatable bonds is 2. The average Bonchev–Trinajstić information content (AvgIpc) is 2.98. The van der Waals surface area contributed by atoms with Gasteiger partial charge in [0, 0.05) is 16.3 Å². The van der Waals surface area contributed by atoms with Gasteiger partial charge in [-0.05, 0) is 55.0 Å². The molecule has 0 fully saturated rings. The first-order valence-electron chi connectivity index (χ1n) is 6.64. The van der Waals surface area contributed by atoms with Crippen molar-refractivity contribution in [2.75, 3.05) is 5.32 Å². The van der Waals surface area contributed by atoms with Gasteiger partial charge in [0.15, 0.2) is 5.11 Å². The molecule has 0 aliphatic heterocycles. The number of aromatic nitrogens is 2. The van der Waals surface area contributed by atoms with Gasteiger partial charge in [0.1, 0.15) is 11.0 Å². The van der Waals surface area contributed by atoms with Gasteiger partial charge < -0.3 is 5.32 Å². The van der Waals surface area contributed by atoms with Gasteiger partial charge in [-0.3, -0.25) is 10.1 Å². The van der Waals surface area contributed by atoms with Gasteiger partial charge in [-0.1, -0.05) is 17.7 Å². The molecule has 23 heavy (non-hydrogen) atoms. The third kappa shape index (κ3) is 3.64. The summed E-state index contributed by atoms with van der Waals surface area (Å²) in [5.41, 5.74) is 3.60. The summed E-state index contributed by atoms with van der Waals surface area (Å²) in [6, 6.07) is 10.6. The Balaban J connectivity index is 1.68. The lowest BCUT2D eigenvalue weighted by atomic mass is 10.2. The van der Waals surface area contributed by atoms with Crippen molar-refractivity contribution in [1.29, 1.82) is 0 Å². The molecule has 1 amide bonds. The average molecular weight is 363 g/mol. The highest BCUT2D eigenvalue weighted by Gasteiger charge is 2.10. The van der Waals surface area contributed by atoms with E-state index in [0.29, 0.717) is 21.8 Å². The van der Waals surface area contributed by atoms with E-state index in [1.807, 2.05) is 19.1 Å². The molecule has 8 heteroatoms. The van der Waals surface area contributed by atoms with Gasteiger partial charge >= 0.3 is 0 Å². The number of amides is 1. The molecule has 2 aromatic carbocycles. The first-order valence-corrected chi connectivity index (χ1v) is 8.15. The van der Waals surface area contributed by atoms with Crippen molar-refractivity contribution in [3.63, 3.8) is 0 Å². The van der Waals surface area contributed by atoms with Gasteiger partial charge in [0.25, 0.3) is 5.91 Å². The highest BCUT2D eigenvalue weighted by Crippen LogP contribution is 2.20. The van der Waals surface area contributed by atoms with E-state index in [1.165, 1.54) is 0 Å². The summed E-state index contributed by atoms with van der Waals surface area (Å²) in [6.07, 6.45) is 0. The van der Waals surface area contributed by atoms with Crippen LogP contribution in [0.4, 0.5) is 5.69 Å². The molecule has 3 rings (SSSR count). The Bertz CT molecular complexity index is 909. The van der Waals surface area contributed by atoms with Crippen LogP contribution in [0, 0.1) is 6.92 Å². The van der Waals surface area contributed by atoms with E-state index in [9.17, 15) is 4.79 Å². The molecule has 0 saturated carbocycles. The van der Waals surface area contributed by atoms with Crippen molar-refractivity contribution in [2.45, 2.75) is 6.92 Å². The minimum absolute atomic E-state index is 0.200. The second kappa shape index (κ2) is 6.57. The van der Waals surface area contributed by atoms with Crippen LogP contribution in [-0.2, 0) is 0 Å². The first kappa shape index (κ1) is 15.8. The maximum Gasteiger partial charge on any atom is 0.257 e. The van der Waals surface area contributed by atoms with Crippen LogP contribution in [0.2, 0.25) is 5.02 Å². The molecule has 116 valence electrons. The molecule has 3 aromatic rings. The SMILES string of the molecule is Cc1ccc(NC(=S)NC(=O)c2ccc3nsnc3c2)cc1Cl. The number of halogens is 1. The van der Waals surface area contributed by atoms with Crippen LogP contribution in [0.25, 0.3) is 11.0 Å². The highest BCUT2D eigenvalue weighted by molar-refractivity contribution is 7.80. The quantitative estimate of drug-likeness (QED) is 0.679. The molecule has 0 spiro atoms. The normalized spacial score (nSPS) is 10.5. The number of nitrogens with zero attached hydrogens (tertiary/aromatic N) is 2. The standard InChI is InChI=1S/C15H11ClN4OS2/c1-8-2-4-10(7-11(8)16)17-15(22)18-14(21)9-3-5-12-13(6-9)20-23-19-12/h2-7H,1H3,(H2,17,18,21,22). The van der Waals surface area contributed by atoms with Crippen LogP contribution >= 0.6 is 35.5 Å². The fourth-order valence-corrected chi connectivity index (χ4v) is 2.84. The zero-order chi connectivity index (χ0) is 16.4. The van der Waals surface area contributed by atoms with Gasteiger partial charge in [-0.2, -0.15) is 8.75 Å². The van der Waals surface area contributed by atoms with Crippen LogP contribution in [0.5, 0.6) is 0 Å². The van der Waals surface area contributed by atoms with Crippen molar-refractivity contribution < 1.29 is 4.79 Å². The third-order valence-corrected chi connectivity index (χ3v) is 4.34. The number of thiocarbonyl (C=S) groups is 1. The number of hydrogen-bond donors (Lipinski definition) is 2. The van der Waals surface area contributed by atoms with E-state index in [0.717, 1.165) is 22.8 Å². The molecule has 1 aromatic heterocycles. The number of nitrogens with one attached hydrogen (secondary N) is 2. The molecule has 0 aliphatic carbocycles. The van der Waals surface area contributed by atoms with E-state index < -0.39 is 0 Å². The topological polar surface area (TPSA) is 66.9 Å². The lowest BCUT2D eigenvalue weighted by molar-refractivity contribution is 0.0978. The van der Waals surface area contributed by atoms with E-state index >= 15 is 0 Å². The second-order valence-corrected chi connectivity index (χ2v) is 6.18. The van der Waals surface area contributed by atoms with Crippen molar-refractivity contribution in [3.8, 4) is 0 Å². The van der Waals surface area contributed by atoms with Crippen LogP contribution in [-0.4, -0.2) is 19.8 Å². The van der Waals surface area contributed by atoms with Crippen molar-refractivity contribution in [3.05, 3.63) is 52.5 Å². The molecule has 0 radical (unpaired) electrons. The first-order chi connectivity index (χ1) is 11.0. The van der Waals surface area contributed by atoms with E-state index in [1.54, 1.807) is 24.3 Å². The maximum absolute atomic E-state index is 12.2. The van der Waals surface area contributed by atoms with Gasteiger partial charge in [0.2, 0.25) is 0 Å². The Morgan fingerprint density at radius 1 is 1.17 bits per heavy atom. The van der Waals surface area contributed by atoms with E-state index in [4.69, 9.17) is 23.8 Å². The third-order valence-electron chi connectivity index (χ3n) is 3.17. The van der Waals surface area contributed by atoms with Crippen molar-refractivity contribution in [2.24, 2.45) is 0 Å². The minimum atomic E-state index is -0.310. The highest BCUT2D eigenvalue weighted by atomic mass is 35.5. The summed E-state index contributed by atoms with van der Waals surface area (Å²) in [5, 5.41) is 6.39. The van der Waals surface area contributed by atoms with Gasteiger partial charge in [0.05, 0.1) is 11.7 Å². The number of hydrogen-bond acceptors (Lipinski definition) is 5. The summed E-state index contributed by atoms with van der Waals surface area (Å²) < 4.78 is 8.21. The molecule has 0 bridgehead atoms. The van der Waals surface area contributed by atoms with Crippen LogP contribution in [0.1, 0.15) is 15.9 Å². The van der Waals surface area contributed by atoms with Crippen LogP contribution < -0.4 is 10.6 Å². The molecule has 2 N–H and O–H groups in total. The summed E-state index contributed by atoms with van der Waals surface area (Å²) in [6.45, 7) is 1.91. The number of fused-ring (bicyclic) bond motifs is 1. The molecular weight excluding hydrogens is 352 g/mol. The Hall–Kier alpha value is -2.09. The Labute approximate surface area is 147 Å². The molecule has 0 aliphatic rings. The van der Waals surface area contributed by atoms with Gasteiger partial charge in [-0.15, -0.1) is 0 Å². The van der Waals surface area contributed by atoms with E-state index in [2.05, 4.69) is 19.4 Å². The summed E-state index contributed by atoms with van der Waals surface area (Å²) in [7, 11) is 0. The molecular formula is C15H11ClN4OS2. The molecule has 0 saturated heterocycles. The Morgan fingerprint density at radius 2 is 1.96 bits per heavy atom. The van der Waals surface area contributed by atoms with Gasteiger partial charge in [-0.25, -0.2) is 0 Å². The monoisotopic (exact) mass is 362 g/mol.